The molecule has 0 aliphatic heterocycles. The molecule has 2 aromatic carbocycles. The summed E-state index contributed by atoms with van der Waals surface area (Å²) in [6.45, 7) is 1.95. The maximum absolute atomic E-state index is 12.2. The highest BCUT2D eigenvalue weighted by atomic mass is 16.5. The molecule has 122 valence electrons. The lowest BCUT2D eigenvalue weighted by Crippen LogP contribution is -2.75. The molecule has 0 atom stereocenters. The van der Waals surface area contributed by atoms with Gasteiger partial charge in [-0.1, -0.05) is 18.2 Å². The van der Waals surface area contributed by atoms with Crippen molar-refractivity contribution in [3.63, 3.8) is 0 Å². The van der Waals surface area contributed by atoms with Crippen molar-refractivity contribution in [3.05, 3.63) is 70.6 Å². The predicted molar refractivity (Wildman–Crippen MR) is 92.3 cm³/mol. The Morgan fingerprint density at radius 1 is 1.17 bits per heavy atom. The Morgan fingerprint density at radius 3 is 2.38 bits per heavy atom. The molecule has 0 aliphatic rings. The third-order valence-electron chi connectivity index (χ3n) is 3.32. The van der Waals surface area contributed by atoms with Gasteiger partial charge >= 0.3 is 5.97 Å². The second-order valence-corrected chi connectivity index (χ2v) is 4.89. The number of hydrogen-bond acceptors (Lipinski definition) is 5. The molecule has 0 saturated carbocycles. The van der Waals surface area contributed by atoms with Gasteiger partial charge in [0.05, 0.1) is 6.61 Å². The van der Waals surface area contributed by atoms with Crippen LogP contribution in [0.2, 0.25) is 0 Å². The second kappa shape index (κ2) is 8.50. The van der Waals surface area contributed by atoms with E-state index in [9.17, 15) is 9.70 Å². The molecule has 0 spiro atoms. The molecular formula is C18H18N3O3+. The van der Waals surface area contributed by atoms with E-state index < -0.39 is 5.97 Å². The van der Waals surface area contributed by atoms with Crippen molar-refractivity contribution >= 4 is 29.3 Å². The van der Waals surface area contributed by atoms with Gasteiger partial charge in [0, 0.05) is 23.9 Å². The number of rotatable bonds is 7. The maximum atomic E-state index is 12.2. The van der Waals surface area contributed by atoms with Crippen LogP contribution in [0.3, 0.4) is 0 Å². The minimum Gasteiger partial charge on any atom is -0.462 e. The molecule has 0 bridgehead atoms. The number of nitrogens with two attached hydrogens (primary N) is 1. The number of carbonyl (C=O) groups excluding carboxylic acids is 1. The summed E-state index contributed by atoms with van der Waals surface area (Å²) in [5.41, 5.74) is 2.65. The van der Waals surface area contributed by atoms with E-state index in [2.05, 4.69) is 5.18 Å². The Kier molecular flexibility index (Phi) is 6.10. The molecule has 0 fully saturated rings. The average molecular weight is 324 g/mol. The first-order valence-electron chi connectivity index (χ1n) is 7.45. The van der Waals surface area contributed by atoms with Gasteiger partial charge in [-0.05, 0) is 36.4 Å². The Labute approximate surface area is 139 Å². The first-order chi connectivity index (χ1) is 11.7. The van der Waals surface area contributed by atoms with E-state index in [0.29, 0.717) is 11.4 Å². The zero-order valence-electron chi connectivity index (χ0n) is 13.2. The number of nitrogens with zero attached hydrogens (tertiary/aromatic N) is 1. The van der Waals surface area contributed by atoms with E-state index in [0.717, 1.165) is 17.5 Å². The molecule has 24 heavy (non-hydrogen) atoms. The minimum atomic E-state index is -0.547. The van der Waals surface area contributed by atoms with Gasteiger partial charge in [0.1, 0.15) is 16.9 Å². The SMILES string of the molecule is CCOC(=O)C(C=N)=C([NH2+]c1ccc(N=O)cc1)c1ccccc1. The topological polar surface area (TPSA) is 96.2 Å². The molecule has 0 saturated heterocycles. The lowest BCUT2D eigenvalue weighted by molar-refractivity contribution is -0.469. The van der Waals surface area contributed by atoms with Crippen molar-refractivity contribution in [3.8, 4) is 0 Å². The van der Waals surface area contributed by atoms with Crippen LogP contribution < -0.4 is 5.32 Å². The summed E-state index contributed by atoms with van der Waals surface area (Å²) in [5, 5.41) is 12.3. The molecule has 0 radical (unpaired) electrons. The van der Waals surface area contributed by atoms with Gasteiger partial charge in [0.2, 0.25) is 0 Å². The van der Waals surface area contributed by atoms with Crippen LogP contribution in [-0.4, -0.2) is 18.8 Å². The number of esters is 1. The fraction of sp³-hybridized carbons (Fsp3) is 0.111. The van der Waals surface area contributed by atoms with Crippen LogP contribution in [0.4, 0.5) is 11.4 Å². The Bertz CT molecular complexity index is 753. The molecule has 0 unspecified atom stereocenters. The standard InChI is InChI=1S/C18H17N3O3/c1-2-24-18(22)16(12-19)17(13-6-4-3-5-7-13)20-14-8-10-15(21-23)11-9-14/h3-12,19-20H,2H2,1H3/p+1. The number of hydrogen-bond donors (Lipinski definition) is 2. The van der Waals surface area contributed by atoms with Crippen molar-refractivity contribution in [2.75, 3.05) is 6.61 Å². The molecule has 0 aromatic heterocycles. The van der Waals surface area contributed by atoms with Crippen LogP contribution in [0, 0.1) is 10.3 Å². The molecule has 6 nitrogen and oxygen atoms in total. The normalized spacial score (nSPS) is 11.4. The monoisotopic (exact) mass is 324 g/mol. The van der Waals surface area contributed by atoms with Crippen LogP contribution in [0.5, 0.6) is 0 Å². The third-order valence-corrected chi connectivity index (χ3v) is 3.32. The largest absolute Gasteiger partial charge is 0.462 e. The second-order valence-electron chi connectivity index (χ2n) is 4.89. The number of nitrogens with one attached hydrogen (secondary N) is 1. The number of benzene rings is 2. The lowest BCUT2D eigenvalue weighted by Gasteiger charge is -2.10. The molecule has 0 aliphatic carbocycles. The van der Waals surface area contributed by atoms with E-state index in [1.54, 1.807) is 36.5 Å². The van der Waals surface area contributed by atoms with E-state index in [1.807, 2.05) is 30.3 Å². The fourth-order valence-electron chi connectivity index (χ4n) is 2.19. The highest BCUT2D eigenvalue weighted by Crippen LogP contribution is 2.17. The summed E-state index contributed by atoms with van der Waals surface area (Å²) < 4.78 is 5.05. The van der Waals surface area contributed by atoms with Crippen LogP contribution in [0.1, 0.15) is 12.5 Å². The summed E-state index contributed by atoms with van der Waals surface area (Å²) in [4.78, 5) is 22.7. The first-order valence-corrected chi connectivity index (χ1v) is 7.45. The maximum Gasteiger partial charge on any atom is 0.345 e. The van der Waals surface area contributed by atoms with Crippen molar-refractivity contribution in [2.24, 2.45) is 5.18 Å². The molecule has 6 heteroatoms. The van der Waals surface area contributed by atoms with Gasteiger partial charge in [0.25, 0.3) is 0 Å². The van der Waals surface area contributed by atoms with Crippen molar-refractivity contribution in [1.82, 2.24) is 0 Å². The number of quaternary nitrogens is 1. The molecular weight excluding hydrogens is 306 g/mol. The average Bonchev–Trinajstić information content (AvgIpc) is 2.63. The lowest BCUT2D eigenvalue weighted by atomic mass is 10.1. The Balaban J connectivity index is 2.47. The molecule has 0 heterocycles. The van der Waals surface area contributed by atoms with Crippen molar-refractivity contribution in [2.45, 2.75) is 6.92 Å². The molecule has 3 N–H and O–H groups in total. The van der Waals surface area contributed by atoms with Gasteiger partial charge in [-0.2, -0.15) is 0 Å². The third kappa shape index (κ3) is 4.21. The van der Waals surface area contributed by atoms with E-state index >= 15 is 0 Å². The van der Waals surface area contributed by atoms with E-state index in [4.69, 9.17) is 10.1 Å². The summed E-state index contributed by atoms with van der Waals surface area (Å²) in [7, 11) is 0. The van der Waals surface area contributed by atoms with Crippen LogP contribution in [0.15, 0.2) is 65.3 Å². The van der Waals surface area contributed by atoms with Crippen LogP contribution >= 0.6 is 0 Å². The Morgan fingerprint density at radius 2 is 1.83 bits per heavy atom. The minimum absolute atomic E-state index is 0.167. The first kappa shape index (κ1) is 17.2. The van der Waals surface area contributed by atoms with E-state index in [-0.39, 0.29) is 12.2 Å². The zero-order chi connectivity index (χ0) is 17.4. The summed E-state index contributed by atoms with van der Waals surface area (Å²) in [6, 6.07) is 15.9. The van der Waals surface area contributed by atoms with Crippen molar-refractivity contribution < 1.29 is 14.8 Å². The molecule has 0 amide bonds. The van der Waals surface area contributed by atoms with Gasteiger partial charge in [0.15, 0.2) is 5.70 Å². The number of carbonyl (C=O) groups is 1. The van der Waals surface area contributed by atoms with E-state index in [1.165, 1.54) is 0 Å². The summed E-state index contributed by atoms with van der Waals surface area (Å²) in [5.74, 6) is -0.547. The van der Waals surface area contributed by atoms with Gasteiger partial charge in [-0.3, -0.25) is 5.32 Å². The highest BCUT2D eigenvalue weighted by molar-refractivity contribution is 6.14. The molecule has 2 aromatic rings. The van der Waals surface area contributed by atoms with Gasteiger partial charge in [-0.15, -0.1) is 4.91 Å². The Hall–Kier alpha value is -3.12. The van der Waals surface area contributed by atoms with Crippen LogP contribution in [0.25, 0.3) is 5.70 Å². The number of ether oxygens (including phenoxy) is 1. The summed E-state index contributed by atoms with van der Waals surface area (Å²) in [6.07, 6.45) is 0.998. The summed E-state index contributed by atoms with van der Waals surface area (Å²) >= 11 is 0. The highest BCUT2D eigenvalue weighted by Gasteiger charge is 2.20. The predicted octanol–water partition coefficient (Wildman–Crippen LogP) is 2.90. The fourth-order valence-corrected chi connectivity index (χ4v) is 2.19. The quantitative estimate of drug-likeness (QED) is 0.269. The van der Waals surface area contributed by atoms with Gasteiger partial charge in [-0.25, -0.2) is 4.79 Å². The van der Waals surface area contributed by atoms with Gasteiger partial charge < -0.3 is 10.1 Å². The van der Waals surface area contributed by atoms with Crippen LogP contribution in [-0.2, 0) is 9.53 Å². The molecule has 2 rings (SSSR count). The smallest absolute Gasteiger partial charge is 0.345 e. The zero-order valence-corrected chi connectivity index (χ0v) is 13.2. The van der Waals surface area contributed by atoms with Crippen molar-refractivity contribution in [1.29, 1.82) is 5.41 Å². The number of nitroso groups, excluding NO2 is 1.